The second-order valence-electron chi connectivity index (χ2n) is 8.14. The molecule has 0 aliphatic carbocycles. The fraction of sp³-hybridized carbons (Fsp3) is 0.636. The fourth-order valence-corrected chi connectivity index (χ4v) is 3.98. The molecule has 0 bridgehead atoms. The lowest BCUT2D eigenvalue weighted by Crippen LogP contribution is -2.51. The highest BCUT2D eigenvalue weighted by atomic mass is 16.2. The van der Waals surface area contributed by atoms with E-state index in [1.807, 2.05) is 13.0 Å². The highest BCUT2D eigenvalue weighted by Crippen LogP contribution is 2.25. The first-order valence-corrected chi connectivity index (χ1v) is 10.9. The van der Waals surface area contributed by atoms with E-state index in [4.69, 9.17) is 0 Å². The predicted molar refractivity (Wildman–Crippen MR) is 117 cm³/mol. The van der Waals surface area contributed by atoms with Gasteiger partial charge in [0.25, 0.3) is 0 Å². The maximum atomic E-state index is 12.5. The summed E-state index contributed by atoms with van der Waals surface area (Å²) in [5.41, 5.74) is 3.24. The molecule has 2 aliphatic rings. The van der Waals surface area contributed by atoms with Crippen LogP contribution in [0.5, 0.6) is 0 Å². The number of nitrogens with zero attached hydrogens (tertiary/aromatic N) is 3. The van der Waals surface area contributed by atoms with Gasteiger partial charge in [-0.25, -0.2) is 0 Å². The third-order valence-corrected chi connectivity index (χ3v) is 5.73. The molecule has 7 nitrogen and oxygen atoms in total. The van der Waals surface area contributed by atoms with E-state index in [2.05, 4.69) is 44.4 Å². The van der Waals surface area contributed by atoms with Crippen LogP contribution in [-0.4, -0.2) is 80.5 Å². The molecule has 2 fully saturated rings. The summed E-state index contributed by atoms with van der Waals surface area (Å²) in [6.07, 6.45) is 3.47. The van der Waals surface area contributed by atoms with Crippen LogP contribution in [0.15, 0.2) is 18.2 Å². The Hall–Kier alpha value is -2.12. The minimum atomic E-state index is 0.0242. The second kappa shape index (κ2) is 10.6. The minimum Gasteiger partial charge on any atom is -0.372 e. The summed E-state index contributed by atoms with van der Waals surface area (Å²) < 4.78 is 0. The van der Waals surface area contributed by atoms with E-state index in [-0.39, 0.29) is 11.8 Å². The normalized spacial score (nSPS) is 18.1. The monoisotopic (exact) mass is 401 g/mol. The van der Waals surface area contributed by atoms with Crippen LogP contribution < -0.4 is 15.5 Å². The molecular formula is C22H35N5O2. The van der Waals surface area contributed by atoms with Crippen molar-refractivity contribution in [1.29, 1.82) is 0 Å². The van der Waals surface area contributed by atoms with Gasteiger partial charge in [-0.15, -0.1) is 0 Å². The minimum absolute atomic E-state index is 0.0242. The summed E-state index contributed by atoms with van der Waals surface area (Å²) in [6.45, 7) is 11.2. The molecule has 0 radical (unpaired) electrons. The van der Waals surface area contributed by atoms with Crippen molar-refractivity contribution in [2.24, 2.45) is 0 Å². The highest BCUT2D eigenvalue weighted by molar-refractivity contribution is 5.93. The third-order valence-electron chi connectivity index (χ3n) is 5.73. The van der Waals surface area contributed by atoms with Gasteiger partial charge in [0.2, 0.25) is 11.8 Å². The zero-order chi connectivity index (χ0) is 20.6. The largest absolute Gasteiger partial charge is 0.372 e. The predicted octanol–water partition coefficient (Wildman–Crippen LogP) is 1.68. The van der Waals surface area contributed by atoms with E-state index < -0.39 is 0 Å². The Bertz CT molecular complexity index is 694. The number of amides is 2. The van der Waals surface area contributed by atoms with Gasteiger partial charge in [0.1, 0.15) is 0 Å². The lowest BCUT2D eigenvalue weighted by Gasteiger charge is -2.33. The van der Waals surface area contributed by atoms with Crippen LogP contribution in [0.3, 0.4) is 0 Å². The summed E-state index contributed by atoms with van der Waals surface area (Å²) in [7, 11) is 0. The van der Waals surface area contributed by atoms with Crippen LogP contribution in [0.25, 0.3) is 0 Å². The first-order valence-electron chi connectivity index (χ1n) is 10.9. The number of nitrogens with one attached hydrogen (secondary N) is 2. The smallest absolute Gasteiger partial charge is 0.238 e. The Labute approximate surface area is 174 Å². The average Bonchev–Trinajstić information content (AvgIpc) is 3.24. The van der Waals surface area contributed by atoms with Crippen molar-refractivity contribution >= 4 is 23.2 Å². The number of benzene rings is 1. The molecule has 2 N–H and O–H groups in total. The maximum absolute atomic E-state index is 12.5. The lowest BCUT2D eigenvalue weighted by molar-refractivity contribution is -0.123. The van der Waals surface area contributed by atoms with E-state index in [1.165, 1.54) is 18.5 Å². The molecule has 29 heavy (non-hydrogen) atoms. The molecule has 0 aromatic heterocycles. The lowest BCUT2D eigenvalue weighted by atomic mass is 10.1. The Kier molecular flexibility index (Phi) is 7.89. The zero-order valence-corrected chi connectivity index (χ0v) is 17.9. The summed E-state index contributed by atoms with van der Waals surface area (Å²) in [5.74, 6) is 0.113. The molecule has 0 saturated carbocycles. The molecule has 7 heteroatoms. The van der Waals surface area contributed by atoms with Gasteiger partial charge in [-0.1, -0.05) is 6.92 Å². The molecule has 0 spiro atoms. The van der Waals surface area contributed by atoms with Gasteiger partial charge in [0, 0.05) is 57.2 Å². The summed E-state index contributed by atoms with van der Waals surface area (Å²) in [5, 5.41) is 5.98. The molecule has 2 amide bonds. The third kappa shape index (κ3) is 6.44. The molecule has 2 heterocycles. The van der Waals surface area contributed by atoms with Gasteiger partial charge in [-0.3, -0.25) is 19.4 Å². The van der Waals surface area contributed by atoms with Gasteiger partial charge in [-0.2, -0.15) is 0 Å². The topological polar surface area (TPSA) is 67.9 Å². The first kappa shape index (κ1) is 21.6. The van der Waals surface area contributed by atoms with Crippen LogP contribution >= 0.6 is 0 Å². The van der Waals surface area contributed by atoms with Gasteiger partial charge in [-0.05, 0) is 49.9 Å². The second-order valence-corrected chi connectivity index (χ2v) is 8.14. The summed E-state index contributed by atoms with van der Waals surface area (Å²) in [4.78, 5) is 31.1. The number of carbonyl (C=O) groups excluding carboxylic acids is 2. The number of hydrogen-bond donors (Lipinski definition) is 2. The van der Waals surface area contributed by atoms with E-state index in [0.29, 0.717) is 13.1 Å². The van der Waals surface area contributed by atoms with Crippen LogP contribution in [0.1, 0.15) is 31.7 Å². The number of aryl methyl sites for hydroxylation is 1. The molecule has 1 aromatic rings. The maximum Gasteiger partial charge on any atom is 0.238 e. The first-order chi connectivity index (χ1) is 14.0. The number of carbonyl (C=O) groups is 2. The van der Waals surface area contributed by atoms with Crippen LogP contribution in [-0.2, 0) is 9.59 Å². The Morgan fingerprint density at radius 1 is 0.931 bits per heavy atom. The zero-order valence-electron chi connectivity index (χ0n) is 17.9. The fourth-order valence-electron chi connectivity index (χ4n) is 3.98. The summed E-state index contributed by atoms with van der Waals surface area (Å²) in [6, 6.07) is 6.30. The molecular weight excluding hydrogens is 366 g/mol. The highest BCUT2D eigenvalue weighted by Gasteiger charge is 2.21. The van der Waals surface area contributed by atoms with Crippen molar-refractivity contribution in [3.8, 4) is 0 Å². The van der Waals surface area contributed by atoms with Crippen molar-refractivity contribution in [1.82, 2.24) is 15.1 Å². The SMILES string of the molecule is CCCNC(=O)CN1CCN(CC(=O)Nc2ccc(N3CCCC3)cc2C)CC1. The molecule has 3 rings (SSSR count). The van der Waals surface area contributed by atoms with Crippen molar-refractivity contribution in [3.63, 3.8) is 0 Å². The Balaban J connectivity index is 1.41. The molecule has 2 aliphatic heterocycles. The van der Waals surface area contributed by atoms with Crippen molar-refractivity contribution in [3.05, 3.63) is 23.8 Å². The number of anilines is 2. The number of piperazine rings is 1. The summed E-state index contributed by atoms with van der Waals surface area (Å²) >= 11 is 0. The molecule has 2 saturated heterocycles. The van der Waals surface area contributed by atoms with Crippen LogP contribution in [0.4, 0.5) is 11.4 Å². The Morgan fingerprint density at radius 3 is 2.14 bits per heavy atom. The number of hydrogen-bond acceptors (Lipinski definition) is 5. The van der Waals surface area contributed by atoms with E-state index in [1.54, 1.807) is 0 Å². The van der Waals surface area contributed by atoms with Gasteiger partial charge < -0.3 is 15.5 Å². The average molecular weight is 402 g/mol. The quantitative estimate of drug-likeness (QED) is 0.694. The van der Waals surface area contributed by atoms with Gasteiger partial charge >= 0.3 is 0 Å². The molecule has 0 atom stereocenters. The van der Waals surface area contributed by atoms with E-state index in [9.17, 15) is 9.59 Å². The van der Waals surface area contributed by atoms with Gasteiger partial charge in [0.05, 0.1) is 13.1 Å². The van der Waals surface area contributed by atoms with Crippen molar-refractivity contribution in [2.45, 2.75) is 33.1 Å². The van der Waals surface area contributed by atoms with Crippen LogP contribution in [0.2, 0.25) is 0 Å². The molecule has 1 aromatic carbocycles. The van der Waals surface area contributed by atoms with Crippen molar-refractivity contribution < 1.29 is 9.59 Å². The van der Waals surface area contributed by atoms with E-state index >= 15 is 0 Å². The molecule has 0 unspecified atom stereocenters. The van der Waals surface area contributed by atoms with Gasteiger partial charge in [0.15, 0.2) is 0 Å². The Morgan fingerprint density at radius 2 is 1.55 bits per heavy atom. The standard InChI is InChI=1S/C22H35N5O2/c1-3-8-23-21(28)16-25-11-13-26(14-12-25)17-22(29)24-20-7-6-19(15-18(20)2)27-9-4-5-10-27/h6-7,15H,3-5,8-14,16-17H2,1-2H3,(H,23,28)(H,24,29). The van der Waals surface area contributed by atoms with Crippen molar-refractivity contribution in [2.75, 3.05) is 69.1 Å². The van der Waals surface area contributed by atoms with Crippen LogP contribution in [0, 0.1) is 6.92 Å². The molecule has 160 valence electrons. The van der Waals surface area contributed by atoms with E-state index in [0.717, 1.165) is 63.5 Å². The number of rotatable bonds is 8.